The average Bonchev–Trinajstić information content (AvgIpc) is 2.59. The highest BCUT2D eigenvalue weighted by atomic mass is 127. The van der Waals surface area contributed by atoms with Crippen LogP contribution in [-0.4, -0.2) is 0 Å². The van der Waals surface area contributed by atoms with Crippen LogP contribution in [0.4, 0.5) is 0 Å². The second kappa shape index (κ2) is 3.58. The van der Waals surface area contributed by atoms with Crippen molar-refractivity contribution in [3.8, 4) is 0 Å². The van der Waals surface area contributed by atoms with Gasteiger partial charge in [-0.25, -0.2) is 0 Å². The van der Waals surface area contributed by atoms with Crippen LogP contribution >= 0.6 is 22.6 Å². The number of hydrogen-bond acceptors (Lipinski definition) is 1. The lowest BCUT2D eigenvalue weighted by Gasteiger charge is -2.34. The molecule has 0 aliphatic carbocycles. The van der Waals surface area contributed by atoms with Crippen LogP contribution in [0.25, 0.3) is 0 Å². The van der Waals surface area contributed by atoms with Crippen LogP contribution < -0.4 is 5.32 Å². The summed E-state index contributed by atoms with van der Waals surface area (Å²) in [6.07, 6.45) is 1.11. The fourth-order valence-corrected chi connectivity index (χ4v) is 4.05. The van der Waals surface area contributed by atoms with E-state index in [1.54, 1.807) is 0 Å². The maximum absolute atomic E-state index is 3.81. The highest BCUT2D eigenvalue weighted by Gasteiger charge is 2.45. The number of fused-ring (bicyclic) bond motifs is 7. The quantitative estimate of drug-likeness (QED) is 0.716. The summed E-state index contributed by atoms with van der Waals surface area (Å²) < 4.78 is 1.32. The van der Waals surface area contributed by atoms with Gasteiger partial charge in [0.05, 0.1) is 5.54 Å². The van der Waals surface area contributed by atoms with Crippen LogP contribution in [0.5, 0.6) is 0 Å². The maximum atomic E-state index is 3.81. The summed E-state index contributed by atoms with van der Waals surface area (Å²) >= 11 is 2.41. The van der Waals surface area contributed by atoms with E-state index in [0.29, 0.717) is 6.04 Å². The van der Waals surface area contributed by atoms with Gasteiger partial charge in [-0.15, -0.1) is 0 Å². The first kappa shape index (κ1) is 11.0. The Labute approximate surface area is 121 Å². The SMILES string of the molecule is C[C@]12NC(Cc3ccccc31)c1ccc(I)cc12. The summed E-state index contributed by atoms with van der Waals surface area (Å²) in [7, 11) is 0. The third kappa shape index (κ3) is 1.30. The Morgan fingerprint density at radius 1 is 1.17 bits per heavy atom. The zero-order valence-electron chi connectivity index (χ0n) is 10.2. The van der Waals surface area contributed by atoms with Crippen LogP contribution in [0.1, 0.15) is 35.2 Å². The maximum Gasteiger partial charge on any atom is 0.0673 e. The van der Waals surface area contributed by atoms with E-state index in [9.17, 15) is 0 Å². The van der Waals surface area contributed by atoms with Gasteiger partial charge < -0.3 is 0 Å². The molecule has 2 atom stereocenters. The van der Waals surface area contributed by atoms with Crippen LogP contribution in [0.2, 0.25) is 0 Å². The molecule has 0 saturated carbocycles. The van der Waals surface area contributed by atoms with E-state index in [2.05, 4.69) is 77.3 Å². The van der Waals surface area contributed by atoms with E-state index in [0.717, 1.165) is 6.42 Å². The molecule has 0 amide bonds. The second-order valence-electron chi connectivity index (χ2n) is 5.41. The van der Waals surface area contributed by atoms with Crippen molar-refractivity contribution in [3.63, 3.8) is 0 Å². The van der Waals surface area contributed by atoms with Crippen LogP contribution in [-0.2, 0) is 12.0 Å². The monoisotopic (exact) mass is 347 g/mol. The molecule has 0 fully saturated rings. The van der Waals surface area contributed by atoms with Gasteiger partial charge in [-0.3, -0.25) is 5.32 Å². The molecule has 1 nitrogen and oxygen atoms in total. The zero-order valence-corrected chi connectivity index (χ0v) is 12.4. The van der Waals surface area contributed by atoms with Crippen molar-refractivity contribution in [1.82, 2.24) is 5.32 Å². The van der Waals surface area contributed by atoms with Gasteiger partial charge in [0.1, 0.15) is 0 Å². The van der Waals surface area contributed by atoms with Crippen LogP contribution in [0, 0.1) is 3.57 Å². The van der Waals surface area contributed by atoms with Gasteiger partial charge >= 0.3 is 0 Å². The first-order valence-corrected chi connectivity index (χ1v) is 7.42. The lowest BCUT2D eigenvalue weighted by Crippen LogP contribution is -2.41. The molecule has 1 N–H and O–H groups in total. The van der Waals surface area contributed by atoms with Crippen molar-refractivity contribution in [2.24, 2.45) is 0 Å². The molecule has 0 saturated heterocycles. The molecule has 0 aromatic heterocycles. The largest absolute Gasteiger partial charge is 0.297 e. The first-order chi connectivity index (χ1) is 8.68. The van der Waals surface area contributed by atoms with Crippen LogP contribution in [0.3, 0.4) is 0 Å². The van der Waals surface area contributed by atoms with Gasteiger partial charge in [0.15, 0.2) is 0 Å². The van der Waals surface area contributed by atoms with Crippen molar-refractivity contribution < 1.29 is 0 Å². The second-order valence-corrected chi connectivity index (χ2v) is 6.66. The minimum Gasteiger partial charge on any atom is -0.297 e. The molecule has 2 heterocycles. The van der Waals surface area contributed by atoms with Crippen molar-refractivity contribution in [3.05, 3.63) is 68.3 Å². The third-order valence-electron chi connectivity index (χ3n) is 4.37. The average molecular weight is 347 g/mol. The number of nitrogens with one attached hydrogen (secondary N) is 1. The summed E-state index contributed by atoms with van der Waals surface area (Å²) in [6, 6.07) is 16.2. The van der Waals surface area contributed by atoms with Crippen molar-refractivity contribution in [2.75, 3.05) is 0 Å². The van der Waals surface area contributed by atoms with Gasteiger partial charge in [0, 0.05) is 9.61 Å². The van der Waals surface area contributed by atoms with E-state index < -0.39 is 0 Å². The molecule has 2 aromatic carbocycles. The van der Waals surface area contributed by atoms with E-state index in [1.165, 1.54) is 25.8 Å². The Morgan fingerprint density at radius 3 is 2.89 bits per heavy atom. The molecule has 90 valence electrons. The number of halogens is 1. The summed E-state index contributed by atoms with van der Waals surface area (Å²) in [5.41, 5.74) is 5.88. The standard InChI is InChI=1S/C16H14IN/c1-16-13-5-3-2-4-10(13)8-15(18-16)12-7-6-11(17)9-14(12)16/h2-7,9,15,18H,8H2,1H3/t15?,16-/m0/s1. The summed E-state index contributed by atoms with van der Waals surface area (Å²) in [5, 5.41) is 3.81. The smallest absolute Gasteiger partial charge is 0.0673 e. The summed E-state index contributed by atoms with van der Waals surface area (Å²) in [4.78, 5) is 0. The van der Waals surface area contributed by atoms with E-state index in [4.69, 9.17) is 0 Å². The minimum atomic E-state index is -0.00394. The Hall–Kier alpha value is -0.870. The number of hydrogen-bond donors (Lipinski definition) is 1. The van der Waals surface area contributed by atoms with E-state index >= 15 is 0 Å². The Balaban J connectivity index is 2.04. The fourth-order valence-electron chi connectivity index (χ4n) is 3.56. The predicted molar refractivity (Wildman–Crippen MR) is 81.6 cm³/mol. The molecule has 0 spiro atoms. The number of benzene rings is 2. The highest BCUT2D eigenvalue weighted by Crippen LogP contribution is 2.48. The molecular weight excluding hydrogens is 333 g/mol. The third-order valence-corrected chi connectivity index (χ3v) is 5.04. The molecule has 1 unspecified atom stereocenters. The summed E-state index contributed by atoms with van der Waals surface area (Å²) in [6.45, 7) is 2.32. The molecule has 18 heavy (non-hydrogen) atoms. The summed E-state index contributed by atoms with van der Waals surface area (Å²) in [5.74, 6) is 0. The molecule has 2 aliphatic rings. The van der Waals surface area contributed by atoms with E-state index in [1.807, 2.05) is 0 Å². The van der Waals surface area contributed by atoms with Gasteiger partial charge in [-0.1, -0.05) is 30.3 Å². The van der Waals surface area contributed by atoms with Crippen molar-refractivity contribution in [1.29, 1.82) is 0 Å². The van der Waals surface area contributed by atoms with Gasteiger partial charge in [-0.2, -0.15) is 0 Å². The Bertz CT molecular complexity index is 649. The van der Waals surface area contributed by atoms with Crippen LogP contribution in [0.15, 0.2) is 42.5 Å². The fraction of sp³-hybridized carbons (Fsp3) is 0.250. The lowest BCUT2D eigenvalue weighted by atomic mass is 9.82. The molecule has 2 bridgehead atoms. The normalized spacial score (nSPS) is 27.8. The number of rotatable bonds is 0. The topological polar surface area (TPSA) is 12.0 Å². The molecule has 0 radical (unpaired) electrons. The van der Waals surface area contributed by atoms with Crippen molar-refractivity contribution in [2.45, 2.75) is 24.9 Å². The Morgan fingerprint density at radius 2 is 2.00 bits per heavy atom. The highest BCUT2D eigenvalue weighted by molar-refractivity contribution is 14.1. The van der Waals surface area contributed by atoms with Gasteiger partial charge in [-0.05, 0) is 70.3 Å². The van der Waals surface area contributed by atoms with Gasteiger partial charge in [0.2, 0.25) is 0 Å². The Kier molecular flexibility index (Phi) is 2.19. The minimum absolute atomic E-state index is 0.00394. The predicted octanol–water partition coefficient (Wildman–Crippen LogP) is 3.76. The molecule has 2 aliphatic heterocycles. The van der Waals surface area contributed by atoms with Crippen molar-refractivity contribution >= 4 is 22.6 Å². The molecular formula is C16H14IN. The lowest BCUT2D eigenvalue weighted by molar-refractivity contribution is 0.389. The molecule has 2 aromatic rings. The van der Waals surface area contributed by atoms with Gasteiger partial charge in [0.25, 0.3) is 0 Å². The first-order valence-electron chi connectivity index (χ1n) is 6.34. The molecule has 2 heteroatoms. The zero-order chi connectivity index (χ0) is 12.3. The molecule has 4 rings (SSSR count). The van der Waals surface area contributed by atoms with E-state index in [-0.39, 0.29) is 5.54 Å².